The molecule has 0 amide bonds. The summed E-state index contributed by atoms with van der Waals surface area (Å²) in [6, 6.07) is 0. The number of unbranched alkanes of at least 4 members (excludes halogenated alkanes) is 36. The molecule has 0 N–H and O–H groups in total. The molecule has 324 valence electrons. The second kappa shape index (κ2) is 48.5. The smallest absolute Gasteiger partial charge is 0.716 e. The molecule has 8 nitrogen and oxygen atoms in total. The van der Waals surface area contributed by atoms with Crippen LogP contribution < -0.4 is 0 Å². The summed E-state index contributed by atoms with van der Waals surface area (Å²) >= 11 is 0. The molecule has 0 rings (SSSR count). The molecule has 0 fully saturated rings. The fourth-order valence-electron chi connectivity index (χ4n) is 6.68. The van der Waals surface area contributed by atoms with Crippen molar-refractivity contribution in [1.82, 2.24) is 0 Å². The minimum Gasteiger partial charge on any atom is -0.716 e. The van der Waals surface area contributed by atoms with E-state index in [4.69, 9.17) is 0 Å². The van der Waals surface area contributed by atoms with E-state index in [1.165, 1.54) is 205 Å². The number of hydrogen-bond donors (Lipinski definition) is 0. The Labute approximate surface area is 372 Å². The molecule has 0 spiro atoms. The Bertz CT molecular complexity index is 923. The van der Waals surface area contributed by atoms with Gasteiger partial charge in [0, 0.05) is 0 Å². The Hall–Kier alpha value is 0.160. The van der Waals surface area contributed by atoms with E-state index in [0.717, 1.165) is 51.0 Å². The first-order valence-electron chi connectivity index (χ1n) is 22.7. The van der Waals surface area contributed by atoms with Crippen LogP contribution in [0.4, 0.5) is 0 Å². The first-order chi connectivity index (χ1) is 26.1. The van der Waals surface area contributed by atoms with Crippen molar-refractivity contribution in [3.8, 4) is 0 Å². The molecule has 0 aliphatic heterocycles. The maximum atomic E-state index is 10.2. The summed E-state index contributed by atoms with van der Waals surface area (Å²) in [4.78, 5) is 0. The van der Waals surface area contributed by atoms with E-state index in [-0.39, 0.29) is 37.7 Å². The predicted molar refractivity (Wildman–Crippen MR) is 232 cm³/mol. The molecule has 0 radical (unpaired) electrons. The molecule has 0 aromatic rings. The number of rotatable bonds is 42. The van der Waals surface area contributed by atoms with Gasteiger partial charge < -0.3 is 17.5 Å². The van der Waals surface area contributed by atoms with Gasteiger partial charge in [0.2, 0.25) is 0 Å². The summed E-state index contributed by atoms with van der Waals surface area (Å²) in [7, 11) is -9.17. The molecule has 11 heteroatoms. The number of hydrogen-bond acceptors (Lipinski definition) is 8. The van der Waals surface area contributed by atoms with E-state index in [9.17, 15) is 25.9 Å². The normalized spacial score (nSPS) is 11.9. The van der Waals surface area contributed by atoms with Crippen molar-refractivity contribution in [1.29, 1.82) is 0 Å². The van der Waals surface area contributed by atoms with Crippen molar-refractivity contribution < 1.29 is 34.3 Å². The van der Waals surface area contributed by atoms with Crippen LogP contribution in [0.3, 0.4) is 0 Å². The fourth-order valence-corrected chi connectivity index (χ4v) is 7.11. The third-order valence-corrected chi connectivity index (χ3v) is 10.7. The zero-order valence-corrected chi connectivity index (χ0v) is 39.8. The van der Waals surface area contributed by atoms with Crippen molar-refractivity contribution in [2.45, 2.75) is 258 Å². The average Bonchev–Trinajstić information content (AvgIpc) is 3.12. The molecule has 0 aromatic heterocycles. The summed E-state index contributed by atoms with van der Waals surface area (Å²) in [5, 5.41) is 0. The molecule has 55 heavy (non-hydrogen) atoms. The van der Waals surface area contributed by atoms with Crippen molar-refractivity contribution in [2.75, 3.05) is 0 Å². The largest absolute Gasteiger partial charge is 2.00 e. The van der Waals surface area contributed by atoms with Crippen LogP contribution in [0.25, 0.3) is 0 Å². The molecule has 0 bridgehead atoms. The summed E-state index contributed by atoms with van der Waals surface area (Å²) in [6.45, 7) is 4.55. The van der Waals surface area contributed by atoms with Gasteiger partial charge in [0.15, 0.2) is 0 Å². The first kappa shape index (κ1) is 59.5. The van der Waals surface area contributed by atoms with E-state index in [1.54, 1.807) is 12.2 Å². The standard InChI is InChI=1S/2C22H44O4S.Ca/c2*1-2-3-4-5-6-7-8-9-10-11-12-13-14-15-16-17-18-19-20-21-22-26-27(23,24)25;/h2*21-22H,2-20H2,1H3,(H,23,24,25);/q;;+2/p-2/b2*22-21+;. The number of allylic oxidation sites excluding steroid dienone is 2. The average molecular weight is 847 g/mol. The van der Waals surface area contributed by atoms with Gasteiger partial charge in [0.1, 0.15) is 12.5 Å². The molecule has 0 aliphatic carbocycles. The molecule has 0 unspecified atom stereocenters. The molecule has 0 atom stereocenters. The molecular formula is C44H86CaO8S2. The van der Waals surface area contributed by atoms with E-state index in [2.05, 4.69) is 22.2 Å². The van der Waals surface area contributed by atoms with Crippen LogP contribution >= 0.6 is 0 Å². The minimum absolute atomic E-state index is 0. The van der Waals surface area contributed by atoms with E-state index in [0.29, 0.717) is 0 Å². The van der Waals surface area contributed by atoms with Gasteiger partial charge in [-0.1, -0.05) is 232 Å². The van der Waals surface area contributed by atoms with Crippen molar-refractivity contribution in [2.24, 2.45) is 0 Å². The Morgan fingerprint density at radius 1 is 0.327 bits per heavy atom. The molecular weight excluding hydrogens is 761 g/mol. The summed E-state index contributed by atoms with van der Waals surface area (Å²) in [5.74, 6) is 0. The summed E-state index contributed by atoms with van der Waals surface area (Å²) < 4.78 is 69.2. The molecule has 0 aliphatic rings. The van der Waals surface area contributed by atoms with E-state index < -0.39 is 20.8 Å². The Morgan fingerprint density at radius 3 is 0.655 bits per heavy atom. The van der Waals surface area contributed by atoms with Crippen LogP contribution in [-0.2, 0) is 29.2 Å². The van der Waals surface area contributed by atoms with Gasteiger partial charge in [0.25, 0.3) is 20.8 Å². The van der Waals surface area contributed by atoms with Crippen molar-refractivity contribution >= 4 is 58.5 Å². The topological polar surface area (TPSA) is 133 Å². The first-order valence-corrected chi connectivity index (χ1v) is 25.4. The van der Waals surface area contributed by atoms with Gasteiger partial charge in [0.05, 0.1) is 0 Å². The van der Waals surface area contributed by atoms with Crippen molar-refractivity contribution in [3.05, 3.63) is 24.7 Å². The second-order valence-electron chi connectivity index (χ2n) is 15.4. The monoisotopic (exact) mass is 847 g/mol. The SMILES string of the molecule is CCCCCCCCCCCCCCCCCCCC/C=C/OS(=O)(=O)[O-].CCCCCCCCCCCCCCCCCCCC/C=C/OS(=O)(=O)[O-].[Ca+2]. The van der Waals surface area contributed by atoms with Gasteiger partial charge in [-0.3, -0.25) is 0 Å². The van der Waals surface area contributed by atoms with Crippen LogP contribution in [-0.4, -0.2) is 63.7 Å². The third-order valence-electron chi connectivity index (χ3n) is 9.99. The molecule has 0 saturated carbocycles. The van der Waals surface area contributed by atoms with Gasteiger partial charge in [-0.05, 0) is 37.8 Å². The summed E-state index contributed by atoms with van der Waals surface area (Å²) in [5.41, 5.74) is 0. The van der Waals surface area contributed by atoms with Gasteiger partial charge in [-0.15, -0.1) is 0 Å². The van der Waals surface area contributed by atoms with E-state index >= 15 is 0 Å². The second-order valence-corrected chi connectivity index (χ2v) is 17.4. The van der Waals surface area contributed by atoms with Crippen LogP contribution in [0.15, 0.2) is 24.7 Å². The quantitative estimate of drug-likeness (QED) is 0.0195. The Balaban J connectivity index is -0.000000966. The van der Waals surface area contributed by atoms with Gasteiger partial charge in [-0.2, -0.15) is 0 Å². The molecule has 0 saturated heterocycles. The van der Waals surface area contributed by atoms with Gasteiger partial charge in [-0.25, -0.2) is 16.8 Å². The fraction of sp³-hybridized carbons (Fsp3) is 0.909. The zero-order chi connectivity index (χ0) is 40.1. The Kier molecular flexibility index (Phi) is 52.5. The van der Waals surface area contributed by atoms with Crippen LogP contribution in [0, 0.1) is 0 Å². The van der Waals surface area contributed by atoms with Crippen molar-refractivity contribution in [3.63, 3.8) is 0 Å². The minimum atomic E-state index is -4.59. The van der Waals surface area contributed by atoms with Crippen LogP contribution in [0.2, 0.25) is 0 Å². The third kappa shape index (κ3) is 63.5. The maximum absolute atomic E-state index is 10.2. The molecule has 0 heterocycles. The zero-order valence-electron chi connectivity index (χ0n) is 36.0. The molecule has 0 aromatic carbocycles. The Morgan fingerprint density at radius 2 is 0.491 bits per heavy atom. The summed E-state index contributed by atoms with van der Waals surface area (Å²) in [6.07, 6.45) is 55.2. The predicted octanol–water partition coefficient (Wildman–Crippen LogP) is 14.4. The van der Waals surface area contributed by atoms with Crippen LogP contribution in [0.5, 0.6) is 0 Å². The van der Waals surface area contributed by atoms with Crippen LogP contribution in [0.1, 0.15) is 258 Å². The maximum Gasteiger partial charge on any atom is 2.00 e. The van der Waals surface area contributed by atoms with E-state index in [1.807, 2.05) is 0 Å². The van der Waals surface area contributed by atoms with Gasteiger partial charge >= 0.3 is 37.7 Å².